The lowest BCUT2D eigenvalue weighted by atomic mass is 9.79. The fourth-order valence-corrected chi connectivity index (χ4v) is 3.15. The number of rotatable bonds is 2. The molecule has 22 heavy (non-hydrogen) atoms. The SMILES string of the molecule is COc1cc(OC)c2c(O)c3c(cc2c1)C[C@@](C)(O)CC3=O. The number of aromatic hydroxyl groups is 1. The molecule has 0 fully saturated rings. The first kappa shape index (κ1) is 14.7. The summed E-state index contributed by atoms with van der Waals surface area (Å²) >= 11 is 0. The number of phenols is 1. The van der Waals surface area contributed by atoms with Gasteiger partial charge in [-0.3, -0.25) is 4.79 Å². The maximum Gasteiger partial charge on any atom is 0.169 e. The molecule has 0 aliphatic heterocycles. The van der Waals surface area contributed by atoms with E-state index in [2.05, 4.69) is 0 Å². The summed E-state index contributed by atoms with van der Waals surface area (Å²) in [6.07, 6.45) is 0.314. The Kier molecular flexibility index (Phi) is 3.25. The van der Waals surface area contributed by atoms with Crippen LogP contribution >= 0.6 is 0 Å². The molecule has 5 heteroatoms. The van der Waals surface area contributed by atoms with Gasteiger partial charge < -0.3 is 19.7 Å². The van der Waals surface area contributed by atoms with Gasteiger partial charge in [-0.2, -0.15) is 0 Å². The van der Waals surface area contributed by atoms with E-state index in [-0.39, 0.29) is 23.5 Å². The molecule has 1 aliphatic carbocycles. The van der Waals surface area contributed by atoms with Gasteiger partial charge in [-0.25, -0.2) is 0 Å². The van der Waals surface area contributed by atoms with Crippen molar-refractivity contribution in [2.45, 2.75) is 25.4 Å². The number of fused-ring (bicyclic) bond motifs is 2. The predicted molar refractivity (Wildman–Crippen MR) is 82.0 cm³/mol. The number of ketones is 1. The Balaban J connectivity index is 2.36. The number of Topliss-reactive ketones (excluding diaryl/α,β-unsaturated/α-hetero) is 1. The molecule has 0 bridgehead atoms. The first-order valence-corrected chi connectivity index (χ1v) is 7.02. The monoisotopic (exact) mass is 302 g/mol. The lowest BCUT2D eigenvalue weighted by Crippen LogP contribution is -2.35. The maximum absolute atomic E-state index is 12.3. The third-order valence-corrected chi connectivity index (χ3v) is 4.08. The zero-order chi connectivity index (χ0) is 16.1. The average Bonchev–Trinajstić information content (AvgIpc) is 2.43. The Morgan fingerprint density at radius 2 is 1.86 bits per heavy atom. The summed E-state index contributed by atoms with van der Waals surface area (Å²) in [4.78, 5) is 12.3. The molecule has 0 saturated carbocycles. The van der Waals surface area contributed by atoms with Gasteiger partial charge in [0.05, 0.1) is 30.8 Å². The molecule has 0 heterocycles. The zero-order valence-electron chi connectivity index (χ0n) is 12.8. The third kappa shape index (κ3) is 2.18. The Morgan fingerprint density at radius 3 is 2.50 bits per heavy atom. The van der Waals surface area contributed by atoms with Gasteiger partial charge in [0.1, 0.15) is 17.2 Å². The summed E-state index contributed by atoms with van der Waals surface area (Å²) in [6, 6.07) is 5.24. The van der Waals surface area contributed by atoms with E-state index in [0.29, 0.717) is 34.3 Å². The van der Waals surface area contributed by atoms with E-state index in [1.54, 1.807) is 32.2 Å². The lowest BCUT2D eigenvalue weighted by Gasteiger charge is -2.30. The Bertz CT molecular complexity index is 776. The van der Waals surface area contributed by atoms with Crippen molar-refractivity contribution < 1.29 is 24.5 Å². The topological polar surface area (TPSA) is 76.0 Å². The molecule has 2 N–H and O–H groups in total. The highest BCUT2D eigenvalue weighted by atomic mass is 16.5. The molecule has 0 spiro atoms. The fraction of sp³-hybridized carbons (Fsp3) is 0.353. The molecule has 2 aromatic rings. The van der Waals surface area contributed by atoms with E-state index in [1.165, 1.54) is 7.11 Å². The van der Waals surface area contributed by atoms with Crippen LogP contribution in [-0.2, 0) is 6.42 Å². The van der Waals surface area contributed by atoms with Gasteiger partial charge in [-0.05, 0) is 30.0 Å². The number of benzene rings is 2. The molecule has 0 radical (unpaired) electrons. The smallest absolute Gasteiger partial charge is 0.169 e. The Morgan fingerprint density at radius 1 is 1.14 bits per heavy atom. The van der Waals surface area contributed by atoms with Crippen LogP contribution in [0.5, 0.6) is 17.2 Å². The molecule has 116 valence electrons. The van der Waals surface area contributed by atoms with Crippen molar-refractivity contribution in [2.75, 3.05) is 14.2 Å². The van der Waals surface area contributed by atoms with Gasteiger partial charge >= 0.3 is 0 Å². The summed E-state index contributed by atoms with van der Waals surface area (Å²) in [6.45, 7) is 1.63. The minimum atomic E-state index is -1.09. The first-order chi connectivity index (χ1) is 10.4. The zero-order valence-corrected chi connectivity index (χ0v) is 12.8. The van der Waals surface area contributed by atoms with Crippen molar-refractivity contribution in [3.63, 3.8) is 0 Å². The van der Waals surface area contributed by atoms with Crippen molar-refractivity contribution >= 4 is 16.6 Å². The number of methoxy groups -OCH3 is 2. The predicted octanol–water partition coefficient (Wildman–Crippen LogP) is 2.44. The number of hydrogen-bond acceptors (Lipinski definition) is 5. The quantitative estimate of drug-likeness (QED) is 0.891. The van der Waals surface area contributed by atoms with Crippen molar-refractivity contribution in [3.8, 4) is 17.2 Å². The van der Waals surface area contributed by atoms with Crippen LogP contribution in [0.15, 0.2) is 18.2 Å². The van der Waals surface area contributed by atoms with Gasteiger partial charge in [-0.1, -0.05) is 0 Å². The fourth-order valence-electron chi connectivity index (χ4n) is 3.15. The molecule has 0 saturated heterocycles. The molecule has 3 rings (SSSR count). The summed E-state index contributed by atoms with van der Waals surface area (Å²) < 4.78 is 10.6. The summed E-state index contributed by atoms with van der Waals surface area (Å²) in [5.74, 6) is 0.688. The van der Waals surface area contributed by atoms with Crippen LogP contribution in [0.25, 0.3) is 10.8 Å². The van der Waals surface area contributed by atoms with Crippen LogP contribution in [0.4, 0.5) is 0 Å². The molecular weight excluding hydrogens is 284 g/mol. The molecule has 0 unspecified atom stereocenters. The van der Waals surface area contributed by atoms with Crippen molar-refractivity contribution in [3.05, 3.63) is 29.3 Å². The number of hydrogen-bond donors (Lipinski definition) is 2. The normalized spacial score (nSPS) is 20.8. The maximum atomic E-state index is 12.3. The van der Waals surface area contributed by atoms with Gasteiger partial charge in [-0.15, -0.1) is 0 Å². The molecule has 1 atom stereocenters. The van der Waals surface area contributed by atoms with Crippen molar-refractivity contribution in [1.82, 2.24) is 0 Å². The largest absolute Gasteiger partial charge is 0.506 e. The minimum Gasteiger partial charge on any atom is -0.506 e. The van der Waals surface area contributed by atoms with Crippen LogP contribution < -0.4 is 9.47 Å². The molecule has 0 aromatic heterocycles. The van der Waals surface area contributed by atoms with Crippen molar-refractivity contribution in [2.24, 2.45) is 0 Å². The van der Waals surface area contributed by atoms with Gasteiger partial charge in [0.2, 0.25) is 0 Å². The summed E-state index contributed by atoms with van der Waals surface area (Å²) in [5, 5.41) is 22.0. The molecule has 5 nitrogen and oxygen atoms in total. The lowest BCUT2D eigenvalue weighted by molar-refractivity contribution is 0.0409. The molecule has 2 aromatic carbocycles. The number of ether oxygens (including phenoxy) is 2. The Hall–Kier alpha value is -2.27. The van der Waals surface area contributed by atoms with E-state index >= 15 is 0 Å². The molecule has 0 amide bonds. The summed E-state index contributed by atoms with van der Waals surface area (Å²) in [5.41, 5.74) is -0.170. The molecule has 1 aliphatic rings. The highest BCUT2D eigenvalue weighted by Gasteiger charge is 2.35. The van der Waals surface area contributed by atoms with Crippen LogP contribution in [0.3, 0.4) is 0 Å². The minimum absolute atomic E-state index is 0.00244. The second kappa shape index (κ2) is 4.88. The summed E-state index contributed by atoms with van der Waals surface area (Å²) in [7, 11) is 3.05. The third-order valence-electron chi connectivity index (χ3n) is 4.08. The number of carbonyl (C=O) groups excluding carboxylic acids is 1. The van der Waals surface area contributed by atoms with Crippen LogP contribution in [0.2, 0.25) is 0 Å². The van der Waals surface area contributed by atoms with Crippen LogP contribution in [-0.4, -0.2) is 35.8 Å². The average molecular weight is 302 g/mol. The van der Waals surface area contributed by atoms with E-state index in [4.69, 9.17) is 9.47 Å². The van der Waals surface area contributed by atoms with Gasteiger partial charge in [0, 0.05) is 18.9 Å². The van der Waals surface area contributed by atoms with Crippen molar-refractivity contribution in [1.29, 1.82) is 0 Å². The standard InChI is InChI=1S/C17H18O5/c1-17(20)7-10-4-9-5-11(21-2)6-13(22-3)15(9)16(19)14(10)12(18)8-17/h4-6,19-20H,7-8H2,1-3H3/t17-/m1/s1. The second-order valence-corrected chi connectivity index (χ2v) is 5.96. The van der Waals surface area contributed by atoms with E-state index in [0.717, 1.165) is 0 Å². The van der Waals surface area contributed by atoms with E-state index < -0.39 is 5.60 Å². The number of phenolic OH excluding ortho intramolecular Hbond substituents is 1. The van der Waals surface area contributed by atoms with Crippen LogP contribution in [0.1, 0.15) is 29.3 Å². The van der Waals surface area contributed by atoms with E-state index in [1.807, 2.05) is 0 Å². The number of carbonyl (C=O) groups is 1. The van der Waals surface area contributed by atoms with E-state index in [9.17, 15) is 15.0 Å². The molecular formula is C17H18O5. The van der Waals surface area contributed by atoms with Gasteiger partial charge in [0.15, 0.2) is 5.78 Å². The Labute approximate surface area is 128 Å². The first-order valence-electron chi connectivity index (χ1n) is 7.02. The number of aliphatic hydroxyl groups is 1. The van der Waals surface area contributed by atoms with Crippen LogP contribution in [0, 0.1) is 0 Å². The highest BCUT2D eigenvalue weighted by Crippen LogP contribution is 2.43. The highest BCUT2D eigenvalue weighted by molar-refractivity contribution is 6.09. The second-order valence-electron chi connectivity index (χ2n) is 5.96. The van der Waals surface area contributed by atoms with Gasteiger partial charge in [0.25, 0.3) is 0 Å².